The molecule has 1 amide bonds. The number of fused-ring (bicyclic) bond motifs is 1. The van der Waals surface area contributed by atoms with E-state index in [2.05, 4.69) is 10.3 Å². The SMILES string of the molecule is CCOc1ccc(C(=O)NCc2nc3ccccc3n2C)cc1. The molecule has 0 spiro atoms. The van der Waals surface area contributed by atoms with E-state index in [1.807, 2.05) is 42.8 Å². The number of nitrogens with one attached hydrogen (secondary N) is 1. The lowest BCUT2D eigenvalue weighted by atomic mass is 10.2. The number of nitrogens with zero attached hydrogens (tertiary/aromatic N) is 2. The molecule has 0 fully saturated rings. The average Bonchev–Trinajstić information content (AvgIpc) is 2.90. The second-order valence-electron chi connectivity index (χ2n) is 5.22. The third kappa shape index (κ3) is 3.18. The Balaban J connectivity index is 1.69. The van der Waals surface area contributed by atoms with E-state index in [9.17, 15) is 4.79 Å². The van der Waals surface area contributed by atoms with E-state index in [4.69, 9.17) is 4.74 Å². The first-order chi connectivity index (χ1) is 11.2. The van der Waals surface area contributed by atoms with Gasteiger partial charge in [-0.1, -0.05) is 12.1 Å². The Morgan fingerprint density at radius 2 is 1.91 bits per heavy atom. The number of hydrogen-bond acceptors (Lipinski definition) is 3. The summed E-state index contributed by atoms with van der Waals surface area (Å²) in [5.74, 6) is 1.46. The molecular formula is C18H19N3O2. The smallest absolute Gasteiger partial charge is 0.251 e. The summed E-state index contributed by atoms with van der Waals surface area (Å²) in [4.78, 5) is 16.8. The van der Waals surface area contributed by atoms with Gasteiger partial charge in [-0.3, -0.25) is 4.79 Å². The molecule has 1 heterocycles. The minimum absolute atomic E-state index is 0.125. The third-order valence-corrected chi connectivity index (χ3v) is 3.71. The highest BCUT2D eigenvalue weighted by Crippen LogP contribution is 2.15. The molecule has 5 heteroatoms. The van der Waals surface area contributed by atoms with Gasteiger partial charge in [-0.2, -0.15) is 0 Å². The van der Waals surface area contributed by atoms with Crippen LogP contribution in [-0.4, -0.2) is 22.1 Å². The number of aryl methyl sites for hydroxylation is 1. The van der Waals surface area contributed by atoms with Gasteiger partial charge in [-0.15, -0.1) is 0 Å². The first-order valence-corrected chi connectivity index (χ1v) is 7.60. The summed E-state index contributed by atoms with van der Waals surface area (Å²) in [5.41, 5.74) is 2.59. The van der Waals surface area contributed by atoms with Crippen molar-refractivity contribution < 1.29 is 9.53 Å². The summed E-state index contributed by atoms with van der Waals surface area (Å²) < 4.78 is 7.37. The number of hydrogen-bond donors (Lipinski definition) is 1. The lowest BCUT2D eigenvalue weighted by molar-refractivity contribution is 0.0949. The zero-order chi connectivity index (χ0) is 16.2. The molecule has 3 aromatic rings. The number of carbonyl (C=O) groups is 1. The predicted octanol–water partition coefficient (Wildman–Crippen LogP) is 2.90. The Morgan fingerprint density at radius 3 is 2.61 bits per heavy atom. The highest BCUT2D eigenvalue weighted by atomic mass is 16.5. The standard InChI is InChI=1S/C18H19N3O2/c1-3-23-14-10-8-13(9-11-14)18(22)19-12-17-20-15-6-4-5-7-16(15)21(17)2/h4-11H,3,12H2,1-2H3,(H,19,22). The zero-order valence-corrected chi connectivity index (χ0v) is 13.2. The highest BCUT2D eigenvalue weighted by Gasteiger charge is 2.10. The van der Waals surface area contributed by atoms with Gasteiger partial charge in [0.25, 0.3) is 5.91 Å². The van der Waals surface area contributed by atoms with E-state index in [1.54, 1.807) is 24.3 Å². The molecule has 2 aromatic carbocycles. The Bertz CT molecular complexity index is 822. The van der Waals surface area contributed by atoms with Crippen molar-refractivity contribution in [1.29, 1.82) is 0 Å². The van der Waals surface area contributed by atoms with E-state index in [0.717, 1.165) is 22.6 Å². The maximum atomic E-state index is 12.2. The van der Waals surface area contributed by atoms with E-state index in [1.165, 1.54) is 0 Å². The molecule has 118 valence electrons. The molecule has 0 radical (unpaired) electrons. The average molecular weight is 309 g/mol. The molecule has 0 aliphatic rings. The number of aromatic nitrogens is 2. The van der Waals surface area contributed by atoms with Gasteiger partial charge in [0.15, 0.2) is 0 Å². The van der Waals surface area contributed by atoms with Crippen LogP contribution in [0, 0.1) is 0 Å². The lowest BCUT2D eigenvalue weighted by Gasteiger charge is -2.07. The van der Waals surface area contributed by atoms with Crippen molar-refractivity contribution in [1.82, 2.24) is 14.9 Å². The molecule has 5 nitrogen and oxygen atoms in total. The maximum absolute atomic E-state index is 12.2. The summed E-state index contributed by atoms with van der Waals surface area (Å²) >= 11 is 0. The normalized spacial score (nSPS) is 10.7. The zero-order valence-electron chi connectivity index (χ0n) is 13.2. The highest BCUT2D eigenvalue weighted by molar-refractivity contribution is 5.94. The van der Waals surface area contributed by atoms with Crippen molar-refractivity contribution in [2.45, 2.75) is 13.5 Å². The topological polar surface area (TPSA) is 56.1 Å². The number of para-hydroxylation sites is 2. The van der Waals surface area contributed by atoms with Crippen LogP contribution in [0.3, 0.4) is 0 Å². The maximum Gasteiger partial charge on any atom is 0.251 e. The second-order valence-corrected chi connectivity index (χ2v) is 5.22. The molecular weight excluding hydrogens is 290 g/mol. The van der Waals surface area contributed by atoms with Crippen molar-refractivity contribution in [3.63, 3.8) is 0 Å². The second kappa shape index (κ2) is 6.52. The molecule has 1 N–H and O–H groups in total. The number of carbonyl (C=O) groups excluding carboxylic acids is 1. The first-order valence-electron chi connectivity index (χ1n) is 7.60. The van der Waals surface area contributed by atoms with Crippen LogP contribution in [-0.2, 0) is 13.6 Å². The molecule has 0 atom stereocenters. The summed E-state index contributed by atoms with van der Waals surface area (Å²) in [6.45, 7) is 2.92. The Kier molecular flexibility index (Phi) is 4.28. The van der Waals surface area contributed by atoms with Crippen LogP contribution >= 0.6 is 0 Å². The number of benzene rings is 2. The number of ether oxygens (including phenoxy) is 1. The van der Waals surface area contributed by atoms with Gasteiger partial charge < -0.3 is 14.6 Å². The number of imidazole rings is 1. The van der Waals surface area contributed by atoms with Crippen LogP contribution in [0.2, 0.25) is 0 Å². The van der Waals surface area contributed by atoms with Crippen molar-refractivity contribution >= 4 is 16.9 Å². The fraction of sp³-hybridized carbons (Fsp3) is 0.222. The Morgan fingerprint density at radius 1 is 1.17 bits per heavy atom. The molecule has 0 bridgehead atoms. The minimum atomic E-state index is -0.125. The van der Waals surface area contributed by atoms with Gasteiger partial charge in [-0.25, -0.2) is 4.98 Å². The molecule has 0 saturated carbocycles. The van der Waals surface area contributed by atoms with E-state index < -0.39 is 0 Å². The van der Waals surface area contributed by atoms with E-state index in [-0.39, 0.29) is 5.91 Å². The number of amides is 1. The lowest BCUT2D eigenvalue weighted by Crippen LogP contribution is -2.24. The van der Waals surface area contributed by atoms with Crippen molar-refractivity contribution in [3.8, 4) is 5.75 Å². The van der Waals surface area contributed by atoms with Crippen LogP contribution in [0.4, 0.5) is 0 Å². The summed E-state index contributed by atoms with van der Waals surface area (Å²) in [5, 5.41) is 2.91. The molecule has 0 aliphatic carbocycles. The number of rotatable bonds is 5. The molecule has 23 heavy (non-hydrogen) atoms. The monoisotopic (exact) mass is 309 g/mol. The third-order valence-electron chi connectivity index (χ3n) is 3.71. The van der Waals surface area contributed by atoms with Crippen LogP contribution < -0.4 is 10.1 Å². The van der Waals surface area contributed by atoms with Crippen molar-refractivity contribution in [2.24, 2.45) is 7.05 Å². The predicted molar refractivity (Wildman–Crippen MR) is 89.5 cm³/mol. The molecule has 0 unspecified atom stereocenters. The minimum Gasteiger partial charge on any atom is -0.494 e. The summed E-state index contributed by atoms with van der Waals surface area (Å²) in [7, 11) is 1.95. The van der Waals surface area contributed by atoms with Crippen LogP contribution in [0.15, 0.2) is 48.5 Å². The molecule has 0 aliphatic heterocycles. The molecule has 1 aromatic heterocycles. The molecule has 0 saturated heterocycles. The fourth-order valence-electron chi connectivity index (χ4n) is 2.48. The first kappa shape index (κ1) is 15.1. The summed E-state index contributed by atoms with van der Waals surface area (Å²) in [6, 6.07) is 15.0. The quantitative estimate of drug-likeness (QED) is 0.788. The van der Waals surface area contributed by atoms with Gasteiger partial charge in [0.2, 0.25) is 0 Å². The van der Waals surface area contributed by atoms with Crippen molar-refractivity contribution in [2.75, 3.05) is 6.61 Å². The van der Waals surface area contributed by atoms with Gasteiger partial charge in [-0.05, 0) is 43.3 Å². The van der Waals surface area contributed by atoms with Gasteiger partial charge in [0.1, 0.15) is 11.6 Å². The Labute approximate surface area is 134 Å². The van der Waals surface area contributed by atoms with Gasteiger partial charge in [0, 0.05) is 12.6 Å². The van der Waals surface area contributed by atoms with Gasteiger partial charge >= 0.3 is 0 Å². The summed E-state index contributed by atoms with van der Waals surface area (Å²) in [6.07, 6.45) is 0. The van der Waals surface area contributed by atoms with Crippen LogP contribution in [0.5, 0.6) is 5.75 Å². The van der Waals surface area contributed by atoms with Crippen LogP contribution in [0.25, 0.3) is 11.0 Å². The van der Waals surface area contributed by atoms with Crippen LogP contribution in [0.1, 0.15) is 23.1 Å². The Hall–Kier alpha value is -2.82. The van der Waals surface area contributed by atoms with E-state index in [0.29, 0.717) is 18.7 Å². The van der Waals surface area contributed by atoms with Crippen molar-refractivity contribution in [3.05, 3.63) is 59.9 Å². The fourth-order valence-corrected chi connectivity index (χ4v) is 2.48. The van der Waals surface area contributed by atoms with Gasteiger partial charge in [0.05, 0.1) is 24.2 Å². The largest absolute Gasteiger partial charge is 0.494 e. The van der Waals surface area contributed by atoms with E-state index >= 15 is 0 Å². The molecule has 3 rings (SSSR count).